The maximum Gasteiger partial charge on any atom is 0.0540 e. The molecular formula is C16H24N2O. The molecule has 1 aromatic carbocycles. The highest BCUT2D eigenvalue weighted by molar-refractivity contribution is 5.47. The van der Waals surface area contributed by atoms with E-state index in [-0.39, 0.29) is 6.10 Å². The van der Waals surface area contributed by atoms with E-state index in [1.807, 2.05) is 6.07 Å². The molecule has 3 rings (SSSR count). The van der Waals surface area contributed by atoms with E-state index in [1.165, 1.54) is 17.5 Å². The number of hydrogen-bond acceptors (Lipinski definition) is 3. The summed E-state index contributed by atoms with van der Waals surface area (Å²) in [6, 6.07) is 6.81. The van der Waals surface area contributed by atoms with Crippen molar-refractivity contribution < 1.29 is 5.11 Å². The number of aryl methyl sites for hydroxylation is 1. The number of nitrogens with one attached hydrogen (secondary N) is 1. The van der Waals surface area contributed by atoms with Gasteiger partial charge >= 0.3 is 0 Å². The third kappa shape index (κ3) is 2.93. The molecule has 0 aromatic heterocycles. The van der Waals surface area contributed by atoms with E-state index in [9.17, 15) is 5.11 Å². The highest BCUT2D eigenvalue weighted by atomic mass is 16.3. The first-order valence-electron chi connectivity index (χ1n) is 7.52. The number of fused-ring (bicyclic) bond motifs is 1. The van der Waals surface area contributed by atoms with Crippen LogP contribution in [0.1, 0.15) is 49.3 Å². The predicted molar refractivity (Wildman–Crippen MR) is 77.9 cm³/mol. The largest absolute Gasteiger partial charge is 0.399 e. The minimum absolute atomic E-state index is 0.0496. The van der Waals surface area contributed by atoms with Crippen LogP contribution in [0.4, 0.5) is 5.69 Å². The van der Waals surface area contributed by atoms with Crippen LogP contribution in [-0.2, 0) is 6.42 Å². The van der Waals surface area contributed by atoms with E-state index in [2.05, 4.69) is 17.4 Å². The van der Waals surface area contributed by atoms with Crippen LogP contribution < -0.4 is 11.1 Å². The molecule has 19 heavy (non-hydrogen) atoms. The third-order valence-corrected chi connectivity index (χ3v) is 4.71. The molecule has 1 atom stereocenters. The zero-order chi connectivity index (χ0) is 13.2. The average Bonchev–Trinajstić information content (AvgIpc) is 2.80. The van der Waals surface area contributed by atoms with Crippen LogP contribution in [0.3, 0.4) is 0 Å². The summed E-state index contributed by atoms with van der Waals surface area (Å²) in [5.74, 6) is 0.737. The fourth-order valence-corrected chi connectivity index (χ4v) is 3.51. The number of rotatable bonds is 3. The zero-order valence-electron chi connectivity index (χ0n) is 11.4. The maximum absolute atomic E-state index is 9.53. The highest BCUT2D eigenvalue weighted by Crippen LogP contribution is 2.33. The van der Waals surface area contributed by atoms with Crippen LogP contribution in [0, 0.1) is 5.92 Å². The van der Waals surface area contributed by atoms with Crippen LogP contribution in [0.25, 0.3) is 0 Å². The second-order valence-electron chi connectivity index (χ2n) is 6.13. The minimum Gasteiger partial charge on any atom is -0.399 e. The topological polar surface area (TPSA) is 58.3 Å². The normalized spacial score (nSPS) is 30.3. The molecule has 0 bridgehead atoms. The van der Waals surface area contributed by atoms with E-state index in [0.717, 1.165) is 50.3 Å². The lowest BCUT2D eigenvalue weighted by molar-refractivity contribution is 0.107. The van der Waals surface area contributed by atoms with Crippen molar-refractivity contribution in [3.63, 3.8) is 0 Å². The molecule has 0 aliphatic heterocycles. The van der Waals surface area contributed by atoms with Gasteiger partial charge in [0.2, 0.25) is 0 Å². The SMILES string of the molecule is Nc1ccc2c(c1)CCC2NCC1CCC(O)CC1. The molecule has 0 spiro atoms. The molecular weight excluding hydrogens is 236 g/mol. The minimum atomic E-state index is -0.0496. The summed E-state index contributed by atoms with van der Waals surface area (Å²) in [6.07, 6.45) is 6.56. The first kappa shape index (κ1) is 12.9. The van der Waals surface area contributed by atoms with Gasteiger partial charge in [-0.3, -0.25) is 0 Å². The van der Waals surface area contributed by atoms with E-state index < -0.39 is 0 Å². The van der Waals surface area contributed by atoms with E-state index in [1.54, 1.807) is 0 Å². The number of nitrogens with two attached hydrogens (primary N) is 1. The number of hydrogen-bond donors (Lipinski definition) is 3. The van der Waals surface area contributed by atoms with Crippen LogP contribution in [0.5, 0.6) is 0 Å². The Labute approximate surface area is 115 Å². The van der Waals surface area contributed by atoms with E-state index in [4.69, 9.17) is 5.73 Å². The van der Waals surface area contributed by atoms with Gasteiger partial charge in [-0.2, -0.15) is 0 Å². The van der Waals surface area contributed by atoms with Crippen molar-refractivity contribution in [2.45, 2.75) is 50.7 Å². The molecule has 3 nitrogen and oxygen atoms in total. The van der Waals surface area contributed by atoms with Gasteiger partial charge in [-0.25, -0.2) is 0 Å². The van der Waals surface area contributed by atoms with Gasteiger partial charge in [0.05, 0.1) is 6.10 Å². The maximum atomic E-state index is 9.53. The smallest absolute Gasteiger partial charge is 0.0540 e. The number of aliphatic hydroxyl groups excluding tert-OH is 1. The lowest BCUT2D eigenvalue weighted by atomic mass is 9.87. The molecule has 0 saturated heterocycles. The van der Waals surface area contributed by atoms with Crippen molar-refractivity contribution in [3.8, 4) is 0 Å². The number of anilines is 1. The average molecular weight is 260 g/mol. The van der Waals surface area contributed by atoms with E-state index >= 15 is 0 Å². The van der Waals surface area contributed by atoms with Crippen molar-refractivity contribution in [2.75, 3.05) is 12.3 Å². The van der Waals surface area contributed by atoms with Crippen molar-refractivity contribution >= 4 is 5.69 Å². The standard InChI is InChI=1S/C16H24N2O/c17-13-4-7-15-12(9-13)3-8-16(15)18-10-11-1-5-14(19)6-2-11/h4,7,9,11,14,16,18-19H,1-3,5-6,8,10,17H2. The first-order chi connectivity index (χ1) is 9.22. The Hall–Kier alpha value is -1.06. The summed E-state index contributed by atoms with van der Waals surface area (Å²) in [5.41, 5.74) is 9.56. The molecule has 3 heteroatoms. The molecule has 2 aliphatic rings. The Morgan fingerprint density at radius 1 is 1.16 bits per heavy atom. The summed E-state index contributed by atoms with van der Waals surface area (Å²) in [5, 5.41) is 13.2. The van der Waals surface area contributed by atoms with Crippen LogP contribution in [0.2, 0.25) is 0 Å². The van der Waals surface area contributed by atoms with Crippen molar-refractivity contribution in [1.82, 2.24) is 5.32 Å². The monoisotopic (exact) mass is 260 g/mol. The highest BCUT2D eigenvalue weighted by Gasteiger charge is 2.24. The van der Waals surface area contributed by atoms with Gasteiger partial charge in [-0.05, 0) is 74.2 Å². The third-order valence-electron chi connectivity index (χ3n) is 4.71. The summed E-state index contributed by atoms with van der Waals surface area (Å²) >= 11 is 0. The van der Waals surface area contributed by atoms with Gasteiger partial charge in [-0.15, -0.1) is 0 Å². The molecule has 0 radical (unpaired) electrons. The fourth-order valence-electron chi connectivity index (χ4n) is 3.51. The second kappa shape index (κ2) is 5.51. The summed E-state index contributed by atoms with van der Waals surface area (Å²) in [7, 11) is 0. The van der Waals surface area contributed by atoms with Crippen LogP contribution >= 0.6 is 0 Å². The number of nitrogen functional groups attached to an aromatic ring is 1. The van der Waals surface area contributed by atoms with Crippen molar-refractivity contribution in [1.29, 1.82) is 0 Å². The van der Waals surface area contributed by atoms with Crippen LogP contribution in [0.15, 0.2) is 18.2 Å². The fraction of sp³-hybridized carbons (Fsp3) is 0.625. The van der Waals surface area contributed by atoms with Gasteiger partial charge in [0.25, 0.3) is 0 Å². The van der Waals surface area contributed by atoms with Gasteiger partial charge in [0, 0.05) is 11.7 Å². The van der Waals surface area contributed by atoms with Crippen molar-refractivity contribution in [2.24, 2.45) is 5.92 Å². The first-order valence-corrected chi connectivity index (χ1v) is 7.52. The second-order valence-corrected chi connectivity index (χ2v) is 6.13. The molecule has 1 aromatic rings. The Bertz CT molecular complexity index is 438. The zero-order valence-corrected chi connectivity index (χ0v) is 11.4. The van der Waals surface area contributed by atoms with Gasteiger partial charge < -0.3 is 16.2 Å². The predicted octanol–water partition coefficient (Wildman–Crippen LogP) is 2.40. The van der Waals surface area contributed by atoms with Gasteiger partial charge in [0.15, 0.2) is 0 Å². The molecule has 4 N–H and O–H groups in total. The van der Waals surface area contributed by atoms with Gasteiger partial charge in [0.1, 0.15) is 0 Å². The Morgan fingerprint density at radius 2 is 1.95 bits per heavy atom. The summed E-state index contributed by atoms with van der Waals surface area (Å²) < 4.78 is 0. The molecule has 1 unspecified atom stereocenters. The molecule has 1 saturated carbocycles. The molecule has 0 heterocycles. The lowest BCUT2D eigenvalue weighted by Crippen LogP contribution is -2.30. The Morgan fingerprint density at radius 3 is 2.74 bits per heavy atom. The number of benzene rings is 1. The Balaban J connectivity index is 1.55. The summed E-state index contributed by atoms with van der Waals surface area (Å²) in [6.45, 7) is 1.08. The van der Waals surface area contributed by atoms with Crippen molar-refractivity contribution in [3.05, 3.63) is 29.3 Å². The quantitative estimate of drug-likeness (QED) is 0.731. The molecule has 104 valence electrons. The van der Waals surface area contributed by atoms with Crippen LogP contribution in [-0.4, -0.2) is 17.8 Å². The Kier molecular flexibility index (Phi) is 3.76. The van der Waals surface area contributed by atoms with Gasteiger partial charge in [-0.1, -0.05) is 6.07 Å². The molecule has 2 aliphatic carbocycles. The summed E-state index contributed by atoms with van der Waals surface area (Å²) in [4.78, 5) is 0. The molecule has 1 fully saturated rings. The van der Waals surface area contributed by atoms with E-state index in [0.29, 0.717) is 6.04 Å². The molecule has 0 amide bonds. The lowest BCUT2D eigenvalue weighted by Gasteiger charge is -2.27. The number of aliphatic hydroxyl groups is 1.